The fourth-order valence-corrected chi connectivity index (χ4v) is 8.16. The van der Waals surface area contributed by atoms with E-state index in [1.807, 2.05) is 30.4 Å². The normalized spacial score (nSPS) is 12.3. The zero-order chi connectivity index (χ0) is 42.3. The number of aryl methyl sites for hydroxylation is 2. The van der Waals surface area contributed by atoms with Crippen LogP contribution in [0.4, 0.5) is 0 Å². The molecule has 0 aliphatic heterocycles. The van der Waals surface area contributed by atoms with Gasteiger partial charge < -0.3 is 4.90 Å². The van der Waals surface area contributed by atoms with E-state index in [-0.39, 0.29) is 6.04 Å². The lowest BCUT2D eigenvalue weighted by Crippen LogP contribution is -2.27. The van der Waals surface area contributed by atoms with Crippen LogP contribution in [0.25, 0.3) is 43.8 Å². The third-order valence-corrected chi connectivity index (χ3v) is 11.9. The van der Waals surface area contributed by atoms with Crippen molar-refractivity contribution in [2.75, 3.05) is 0 Å². The summed E-state index contributed by atoms with van der Waals surface area (Å²) < 4.78 is 1.27. The molecule has 1 heterocycles. The summed E-state index contributed by atoms with van der Waals surface area (Å²) in [4.78, 5) is 3.41. The van der Waals surface area contributed by atoms with Gasteiger partial charge in [0.25, 0.3) is 0 Å². The molecule has 5 aromatic carbocycles. The predicted molar refractivity (Wildman–Crippen MR) is 268 cm³/mol. The summed E-state index contributed by atoms with van der Waals surface area (Å²) in [5, 5.41) is 6.26. The SMILES string of the molecule is C=CCCc1ccc2ccc(/C=C/C(CC=C)N(/C=C/CCC(=C)C(=C)CCc3ccc4ccccc4c3)C(=C)/C=C\C(=C)C(=C)/C=C\c3cc4ccccc4s3)cc2c1. The van der Waals surface area contributed by atoms with E-state index in [2.05, 4.69) is 191 Å². The molecule has 0 saturated heterocycles. The summed E-state index contributed by atoms with van der Waals surface area (Å²) in [5.74, 6) is 0. The molecular weight excluding hydrogens is 743 g/mol. The van der Waals surface area contributed by atoms with Crippen molar-refractivity contribution in [2.45, 2.75) is 51.0 Å². The van der Waals surface area contributed by atoms with Crippen LogP contribution in [0.15, 0.2) is 232 Å². The molecule has 6 rings (SSSR count). The average Bonchev–Trinajstić information content (AvgIpc) is 3.70. The molecule has 0 aliphatic carbocycles. The average molecular weight is 800 g/mol. The molecule has 300 valence electrons. The van der Waals surface area contributed by atoms with Gasteiger partial charge in [0.15, 0.2) is 0 Å². The lowest BCUT2D eigenvalue weighted by atomic mass is 9.96. The van der Waals surface area contributed by atoms with Crippen LogP contribution in [0.5, 0.6) is 0 Å². The van der Waals surface area contributed by atoms with E-state index >= 15 is 0 Å². The molecule has 1 unspecified atom stereocenters. The van der Waals surface area contributed by atoms with Gasteiger partial charge in [0, 0.05) is 21.5 Å². The first-order valence-electron chi connectivity index (χ1n) is 20.8. The molecule has 1 aromatic heterocycles. The number of benzene rings is 5. The Labute approximate surface area is 362 Å². The Hall–Kier alpha value is -6.48. The minimum atomic E-state index is -0.0185. The molecule has 0 fully saturated rings. The Morgan fingerprint density at radius 2 is 1.25 bits per heavy atom. The van der Waals surface area contributed by atoms with E-state index in [4.69, 9.17) is 0 Å². The first-order valence-corrected chi connectivity index (χ1v) is 21.7. The molecule has 0 N–H and O–H groups in total. The Morgan fingerprint density at radius 1 is 0.583 bits per heavy atom. The van der Waals surface area contributed by atoms with Crippen LogP contribution in [0.3, 0.4) is 0 Å². The van der Waals surface area contributed by atoms with Gasteiger partial charge in [-0.15, -0.1) is 24.5 Å². The third kappa shape index (κ3) is 12.0. The van der Waals surface area contributed by atoms with Crippen molar-refractivity contribution in [1.82, 2.24) is 4.90 Å². The molecule has 0 amide bonds. The molecule has 0 spiro atoms. The number of hydrogen-bond donors (Lipinski definition) is 0. The van der Waals surface area contributed by atoms with Crippen LogP contribution in [-0.4, -0.2) is 10.9 Å². The molecular formula is C58H57NS. The monoisotopic (exact) mass is 799 g/mol. The largest absolute Gasteiger partial charge is 0.342 e. The highest BCUT2D eigenvalue weighted by atomic mass is 32.1. The minimum absolute atomic E-state index is 0.0185. The van der Waals surface area contributed by atoms with E-state index in [9.17, 15) is 0 Å². The zero-order valence-corrected chi connectivity index (χ0v) is 35.8. The molecule has 6 aromatic rings. The smallest absolute Gasteiger partial charge is 0.0553 e. The summed E-state index contributed by atoms with van der Waals surface area (Å²) in [7, 11) is 0. The van der Waals surface area contributed by atoms with Gasteiger partial charge in [0.1, 0.15) is 0 Å². The topological polar surface area (TPSA) is 3.24 Å². The molecule has 0 saturated carbocycles. The van der Waals surface area contributed by atoms with Crippen molar-refractivity contribution < 1.29 is 0 Å². The van der Waals surface area contributed by atoms with Crippen LogP contribution >= 0.6 is 11.3 Å². The second kappa shape index (κ2) is 21.5. The number of thiophene rings is 1. The van der Waals surface area contributed by atoms with Gasteiger partial charge in [-0.3, -0.25) is 0 Å². The summed E-state index contributed by atoms with van der Waals surface area (Å²) >= 11 is 1.77. The van der Waals surface area contributed by atoms with E-state index < -0.39 is 0 Å². The first-order chi connectivity index (χ1) is 29.2. The Balaban J connectivity index is 1.15. The van der Waals surface area contributed by atoms with Gasteiger partial charge in [0.2, 0.25) is 0 Å². The van der Waals surface area contributed by atoms with E-state index in [0.29, 0.717) is 0 Å². The molecule has 1 nitrogen and oxygen atoms in total. The fourth-order valence-electron chi connectivity index (χ4n) is 7.19. The van der Waals surface area contributed by atoms with Crippen LogP contribution < -0.4 is 0 Å². The van der Waals surface area contributed by atoms with Crippen molar-refractivity contribution in [3.63, 3.8) is 0 Å². The molecule has 1 atom stereocenters. The molecule has 2 heteroatoms. The number of allylic oxidation sites excluding steroid dienone is 9. The predicted octanol–water partition coefficient (Wildman–Crippen LogP) is 16.5. The van der Waals surface area contributed by atoms with Gasteiger partial charge in [0.05, 0.1) is 6.04 Å². The quantitative estimate of drug-likeness (QED) is 0.0488. The van der Waals surface area contributed by atoms with Crippen molar-refractivity contribution in [3.05, 3.63) is 254 Å². The van der Waals surface area contributed by atoms with Crippen LogP contribution in [0, 0.1) is 0 Å². The van der Waals surface area contributed by atoms with Gasteiger partial charge >= 0.3 is 0 Å². The summed E-state index contributed by atoms with van der Waals surface area (Å²) in [6, 6.07) is 39.2. The molecule has 0 radical (unpaired) electrons. The zero-order valence-electron chi connectivity index (χ0n) is 35.0. The van der Waals surface area contributed by atoms with Crippen molar-refractivity contribution in [1.29, 1.82) is 0 Å². The van der Waals surface area contributed by atoms with Crippen LogP contribution in [-0.2, 0) is 12.8 Å². The number of nitrogens with zero attached hydrogens (tertiary/aromatic N) is 1. The molecule has 60 heavy (non-hydrogen) atoms. The minimum Gasteiger partial charge on any atom is -0.342 e. The molecule has 0 bridgehead atoms. The maximum Gasteiger partial charge on any atom is 0.0553 e. The van der Waals surface area contributed by atoms with E-state index in [1.165, 1.54) is 47.6 Å². The van der Waals surface area contributed by atoms with Crippen LogP contribution in [0.2, 0.25) is 0 Å². The number of rotatable bonds is 22. The Bertz CT molecular complexity index is 2630. The maximum absolute atomic E-state index is 4.55. The second-order valence-electron chi connectivity index (χ2n) is 15.3. The van der Waals surface area contributed by atoms with E-state index in [0.717, 1.165) is 78.5 Å². The highest BCUT2D eigenvalue weighted by Crippen LogP contribution is 2.28. The Kier molecular flexibility index (Phi) is 15.4. The molecule has 0 aliphatic rings. The highest BCUT2D eigenvalue weighted by molar-refractivity contribution is 7.19. The van der Waals surface area contributed by atoms with Crippen molar-refractivity contribution >= 4 is 55.1 Å². The maximum atomic E-state index is 4.55. The first kappa shape index (κ1) is 43.1. The number of hydrogen-bond acceptors (Lipinski definition) is 2. The standard InChI is InChI=1S/C58H57NS/c1-8-10-19-48-29-34-52-35-31-50(41-55(52)40-48)32-36-56(17-9-2)59(47(7)27-24-44(4)46(6)26-37-57-42-54-22-13-14-23-58(54)60-57)38-16-15-18-43(3)45(5)25-28-49-30-33-51-20-11-12-21-53(51)39-49/h8-9,11-14,16,20-24,26-27,29-42,56H,1-7,10,15,17-19,25,28H2/b27-24-,36-32+,37-26-,38-16+. The lowest BCUT2D eigenvalue weighted by molar-refractivity contribution is 0.407. The second-order valence-corrected chi connectivity index (χ2v) is 16.4. The lowest BCUT2D eigenvalue weighted by Gasteiger charge is -2.28. The van der Waals surface area contributed by atoms with Gasteiger partial charge in [-0.1, -0.05) is 178 Å². The van der Waals surface area contributed by atoms with Gasteiger partial charge in [-0.05, 0) is 130 Å². The van der Waals surface area contributed by atoms with Gasteiger partial charge in [-0.25, -0.2) is 0 Å². The van der Waals surface area contributed by atoms with Crippen molar-refractivity contribution in [2.24, 2.45) is 0 Å². The van der Waals surface area contributed by atoms with E-state index in [1.54, 1.807) is 11.3 Å². The number of fused-ring (bicyclic) bond motifs is 3. The Morgan fingerprint density at radius 3 is 2.02 bits per heavy atom. The third-order valence-electron chi connectivity index (χ3n) is 10.9. The van der Waals surface area contributed by atoms with Crippen molar-refractivity contribution in [3.8, 4) is 0 Å². The summed E-state index contributed by atoms with van der Waals surface area (Å²) in [6.45, 7) is 30.1. The highest BCUT2D eigenvalue weighted by Gasteiger charge is 2.14. The summed E-state index contributed by atoms with van der Waals surface area (Å²) in [5.41, 5.74) is 8.52. The summed E-state index contributed by atoms with van der Waals surface area (Å²) in [6.07, 6.45) is 27.2. The fraction of sp³-hybridized carbons (Fsp3) is 0.138. The van der Waals surface area contributed by atoms with Crippen LogP contribution in [0.1, 0.15) is 53.7 Å². The van der Waals surface area contributed by atoms with Gasteiger partial charge in [-0.2, -0.15) is 0 Å².